The average Bonchev–Trinajstić information content (AvgIpc) is 3.22. The standard InChI is InChI=1S/C26H35ClN4O5S/c1-18(2)30(11-10-29-12-14-36-15-13-29)25(32)19(3)31-9-8-24(26(31)33)28-37(34,35)23-7-5-20-16-22(27)6-4-21(20)17-23/h4-7,16-19,24,28H,8-15H2,1-3H3/t19-,24-/m0/s1. The lowest BCUT2D eigenvalue weighted by Crippen LogP contribution is -2.53. The van der Waals surface area contributed by atoms with E-state index in [1.54, 1.807) is 42.2 Å². The zero-order chi connectivity index (χ0) is 26.7. The molecule has 4 rings (SSSR count). The molecule has 1 N–H and O–H groups in total. The first-order valence-electron chi connectivity index (χ1n) is 12.7. The highest BCUT2D eigenvalue weighted by Crippen LogP contribution is 2.24. The Morgan fingerprint density at radius 3 is 2.49 bits per heavy atom. The number of carbonyl (C=O) groups is 2. The summed E-state index contributed by atoms with van der Waals surface area (Å²) in [7, 11) is -3.94. The minimum absolute atomic E-state index is 0.0224. The monoisotopic (exact) mass is 550 g/mol. The van der Waals surface area contributed by atoms with Gasteiger partial charge >= 0.3 is 0 Å². The smallest absolute Gasteiger partial charge is 0.245 e. The third kappa shape index (κ3) is 6.43. The molecule has 0 aromatic heterocycles. The number of likely N-dealkylation sites (tertiary alicyclic amines) is 1. The van der Waals surface area contributed by atoms with Crippen molar-refractivity contribution in [3.63, 3.8) is 0 Å². The Labute approximate surface area is 223 Å². The van der Waals surface area contributed by atoms with Crippen LogP contribution in [0.1, 0.15) is 27.2 Å². The van der Waals surface area contributed by atoms with E-state index in [2.05, 4.69) is 9.62 Å². The molecular weight excluding hydrogens is 516 g/mol. The summed E-state index contributed by atoms with van der Waals surface area (Å²) in [5.74, 6) is -0.512. The molecule has 2 atom stereocenters. The average molecular weight is 551 g/mol. The van der Waals surface area contributed by atoms with Crippen LogP contribution in [-0.4, -0.2) is 99.0 Å². The summed E-state index contributed by atoms with van der Waals surface area (Å²) in [6, 6.07) is 8.35. The summed E-state index contributed by atoms with van der Waals surface area (Å²) >= 11 is 6.02. The first-order chi connectivity index (χ1) is 17.6. The molecular formula is C26H35ClN4O5S. The lowest BCUT2D eigenvalue weighted by atomic mass is 10.1. The van der Waals surface area contributed by atoms with Gasteiger partial charge in [0, 0.05) is 43.8 Å². The summed E-state index contributed by atoms with van der Waals surface area (Å²) in [5, 5.41) is 2.13. The number of fused-ring (bicyclic) bond motifs is 1. The number of ether oxygens (including phenoxy) is 1. The van der Waals surface area contributed by atoms with Gasteiger partial charge in [-0.2, -0.15) is 4.72 Å². The predicted octanol–water partition coefficient (Wildman–Crippen LogP) is 2.33. The van der Waals surface area contributed by atoms with Crippen LogP contribution in [0.3, 0.4) is 0 Å². The van der Waals surface area contributed by atoms with Gasteiger partial charge in [0.05, 0.1) is 18.1 Å². The fourth-order valence-corrected chi connectivity index (χ4v) is 6.32. The van der Waals surface area contributed by atoms with E-state index >= 15 is 0 Å². The van der Waals surface area contributed by atoms with Crippen molar-refractivity contribution in [1.82, 2.24) is 19.4 Å². The van der Waals surface area contributed by atoms with Gasteiger partial charge in [-0.1, -0.05) is 23.7 Å². The van der Waals surface area contributed by atoms with Gasteiger partial charge in [0.1, 0.15) is 12.1 Å². The summed E-state index contributed by atoms with van der Waals surface area (Å²) in [6.45, 7) is 10.3. The number of sulfonamides is 1. The number of amides is 2. The molecule has 9 nitrogen and oxygen atoms in total. The van der Waals surface area contributed by atoms with Gasteiger partial charge in [-0.3, -0.25) is 14.5 Å². The third-order valence-corrected chi connectivity index (χ3v) is 8.82. The molecule has 0 spiro atoms. The molecule has 2 fully saturated rings. The van der Waals surface area contributed by atoms with Crippen molar-refractivity contribution in [2.75, 3.05) is 45.9 Å². The summed E-state index contributed by atoms with van der Waals surface area (Å²) < 4.78 is 34.1. The van der Waals surface area contributed by atoms with Crippen LogP contribution < -0.4 is 4.72 Å². The number of morpholine rings is 1. The van der Waals surface area contributed by atoms with E-state index in [0.29, 0.717) is 37.7 Å². The number of rotatable bonds is 9. The van der Waals surface area contributed by atoms with Crippen molar-refractivity contribution in [2.45, 2.75) is 50.2 Å². The van der Waals surface area contributed by atoms with Gasteiger partial charge in [0.2, 0.25) is 21.8 Å². The highest BCUT2D eigenvalue weighted by Gasteiger charge is 2.40. The fraction of sp³-hybridized carbons (Fsp3) is 0.538. The molecule has 2 heterocycles. The molecule has 0 bridgehead atoms. The van der Waals surface area contributed by atoms with Crippen LogP contribution in [0.2, 0.25) is 5.02 Å². The SMILES string of the molecule is CC(C)N(CCN1CCOCC1)C(=O)[C@H](C)N1CC[C@H](NS(=O)(=O)c2ccc3cc(Cl)ccc3c2)C1=O. The first kappa shape index (κ1) is 27.8. The van der Waals surface area contributed by atoms with Crippen LogP contribution in [0.5, 0.6) is 0 Å². The van der Waals surface area contributed by atoms with Crippen LogP contribution in [0.25, 0.3) is 10.8 Å². The van der Waals surface area contributed by atoms with Crippen molar-refractivity contribution in [3.8, 4) is 0 Å². The molecule has 2 saturated heterocycles. The molecule has 37 heavy (non-hydrogen) atoms. The second kappa shape index (κ2) is 11.7. The fourth-order valence-electron chi connectivity index (χ4n) is 4.88. The zero-order valence-electron chi connectivity index (χ0n) is 21.5. The first-order valence-corrected chi connectivity index (χ1v) is 14.6. The molecule has 0 unspecified atom stereocenters. The quantitative estimate of drug-likeness (QED) is 0.514. The van der Waals surface area contributed by atoms with Crippen LogP contribution >= 0.6 is 11.6 Å². The zero-order valence-corrected chi connectivity index (χ0v) is 23.1. The lowest BCUT2D eigenvalue weighted by Gasteiger charge is -2.35. The van der Waals surface area contributed by atoms with Crippen LogP contribution in [0.15, 0.2) is 41.3 Å². The molecule has 2 aliphatic rings. The number of nitrogens with zero attached hydrogens (tertiary/aromatic N) is 3. The number of carbonyl (C=O) groups excluding carboxylic acids is 2. The van der Waals surface area contributed by atoms with Gasteiger partial charge in [0.15, 0.2) is 0 Å². The summed E-state index contributed by atoms with van der Waals surface area (Å²) in [4.78, 5) is 32.2. The largest absolute Gasteiger partial charge is 0.379 e. The van der Waals surface area contributed by atoms with Crippen molar-refractivity contribution in [3.05, 3.63) is 41.4 Å². The molecule has 2 aromatic rings. The van der Waals surface area contributed by atoms with E-state index in [9.17, 15) is 18.0 Å². The van der Waals surface area contributed by atoms with E-state index in [4.69, 9.17) is 16.3 Å². The second-order valence-corrected chi connectivity index (χ2v) is 12.1. The van der Waals surface area contributed by atoms with E-state index in [1.165, 1.54) is 11.0 Å². The normalized spacial score (nSPS) is 20.1. The van der Waals surface area contributed by atoms with Gasteiger partial charge in [-0.25, -0.2) is 8.42 Å². The maximum Gasteiger partial charge on any atom is 0.245 e. The molecule has 0 radical (unpaired) electrons. The minimum atomic E-state index is -3.94. The van der Waals surface area contributed by atoms with E-state index in [0.717, 1.165) is 30.4 Å². The maximum atomic E-state index is 13.4. The van der Waals surface area contributed by atoms with Crippen LogP contribution in [-0.2, 0) is 24.3 Å². The van der Waals surface area contributed by atoms with Gasteiger partial charge in [-0.15, -0.1) is 0 Å². The Balaban J connectivity index is 1.40. The van der Waals surface area contributed by atoms with Crippen molar-refractivity contribution in [1.29, 1.82) is 0 Å². The van der Waals surface area contributed by atoms with Crippen molar-refractivity contribution < 1.29 is 22.7 Å². The molecule has 2 aromatic carbocycles. The maximum absolute atomic E-state index is 13.4. The Bertz CT molecular complexity index is 1250. The second-order valence-electron chi connectivity index (χ2n) is 9.90. The summed E-state index contributed by atoms with van der Waals surface area (Å²) in [5.41, 5.74) is 0. The number of benzene rings is 2. The summed E-state index contributed by atoms with van der Waals surface area (Å²) in [6.07, 6.45) is 0.300. The lowest BCUT2D eigenvalue weighted by molar-refractivity contribution is -0.144. The van der Waals surface area contributed by atoms with E-state index in [1.807, 2.05) is 13.8 Å². The highest BCUT2D eigenvalue weighted by molar-refractivity contribution is 7.89. The van der Waals surface area contributed by atoms with Gasteiger partial charge < -0.3 is 14.5 Å². The van der Waals surface area contributed by atoms with Gasteiger partial charge in [-0.05, 0) is 62.2 Å². The van der Waals surface area contributed by atoms with E-state index in [-0.39, 0.29) is 22.8 Å². The molecule has 202 valence electrons. The molecule has 11 heteroatoms. The van der Waals surface area contributed by atoms with Crippen LogP contribution in [0.4, 0.5) is 0 Å². The molecule has 0 aliphatic carbocycles. The molecule has 0 saturated carbocycles. The van der Waals surface area contributed by atoms with Crippen molar-refractivity contribution in [2.24, 2.45) is 0 Å². The Hall–Kier alpha value is -2.24. The Morgan fingerprint density at radius 2 is 1.78 bits per heavy atom. The Kier molecular flexibility index (Phi) is 8.75. The molecule has 2 amide bonds. The Morgan fingerprint density at radius 1 is 1.11 bits per heavy atom. The van der Waals surface area contributed by atoms with E-state index < -0.39 is 22.1 Å². The highest BCUT2D eigenvalue weighted by atomic mass is 35.5. The minimum Gasteiger partial charge on any atom is -0.379 e. The number of halogens is 1. The number of nitrogens with one attached hydrogen (secondary N) is 1. The van der Waals surface area contributed by atoms with Crippen molar-refractivity contribution >= 4 is 44.2 Å². The third-order valence-electron chi connectivity index (χ3n) is 7.11. The topological polar surface area (TPSA) is 99.3 Å². The predicted molar refractivity (Wildman–Crippen MR) is 143 cm³/mol. The number of hydrogen-bond acceptors (Lipinski definition) is 6. The number of hydrogen-bond donors (Lipinski definition) is 1. The molecule has 2 aliphatic heterocycles. The van der Waals surface area contributed by atoms with Crippen LogP contribution in [0, 0.1) is 0 Å². The van der Waals surface area contributed by atoms with Gasteiger partial charge in [0.25, 0.3) is 0 Å².